The van der Waals surface area contributed by atoms with Crippen LogP contribution in [0.2, 0.25) is 0 Å². The van der Waals surface area contributed by atoms with Crippen LogP contribution in [0.25, 0.3) is 10.4 Å². The predicted molar refractivity (Wildman–Crippen MR) is 137 cm³/mol. The molecule has 2 N–H and O–H groups in total. The van der Waals surface area contributed by atoms with E-state index in [1.54, 1.807) is 0 Å². The fourth-order valence-corrected chi connectivity index (χ4v) is 4.37. The number of hydrazone groups is 1. The first-order valence-electron chi connectivity index (χ1n) is 11.0. The van der Waals surface area contributed by atoms with Crippen LogP contribution < -0.4 is 5.43 Å². The van der Waals surface area contributed by atoms with Crippen molar-refractivity contribution in [1.29, 1.82) is 0 Å². The summed E-state index contributed by atoms with van der Waals surface area (Å²) >= 11 is 1.44. The molecule has 3 rings (SSSR count). The third-order valence-corrected chi connectivity index (χ3v) is 6.47. The Morgan fingerprint density at radius 2 is 1.59 bits per heavy atom. The Bertz CT molecular complexity index is 1200. The van der Waals surface area contributed by atoms with Gasteiger partial charge in [0.2, 0.25) is 0 Å². The van der Waals surface area contributed by atoms with Crippen LogP contribution in [-0.2, 0) is 10.2 Å². The number of thiophene rings is 1. The van der Waals surface area contributed by atoms with E-state index in [0.29, 0.717) is 22.4 Å². The highest BCUT2D eigenvalue weighted by Gasteiger charge is 2.21. The van der Waals surface area contributed by atoms with Crippen molar-refractivity contribution in [2.45, 2.75) is 40.0 Å². The Balaban J connectivity index is 1.83. The number of carbonyl (C=O) groups is 2. The van der Waals surface area contributed by atoms with Crippen molar-refractivity contribution in [2.24, 2.45) is 11.0 Å². The summed E-state index contributed by atoms with van der Waals surface area (Å²) in [6.07, 6.45) is 0. The van der Waals surface area contributed by atoms with Gasteiger partial charge in [-0.15, -0.1) is 11.3 Å². The highest BCUT2D eigenvalue weighted by atomic mass is 32.1. The van der Waals surface area contributed by atoms with Crippen LogP contribution in [-0.4, -0.2) is 29.8 Å². The number of nitrogens with one attached hydrogen (secondary N) is 1. The molecule has 1 aromatic heterocycles. The summed E-state index contributed by atoms with van der Waals surface area (Å²) in [6.45, 7) is 10.4. The SMILES string of the molecule is COC(=O)c1ccc(C(=O)N/N=C(\c2csc(-c3ccc(C(C)(C)C)cc3)c2O)C(C)C)cc1. The second-order valence-corrected chi connectivity index (χ2v) is 10.2. The van der Waals surface area contributed by atoms with E-state index >= 15 is 0 Å². The quantitative estimate of drug-likeness (QED) is 0.259. The smallest absolute Gasteiger partial charge is 0.337 e. The Labute approximate surface area is 204 Å². The molecule has 2 aromatic carbocycles. The van der Waals surface area contributed by atoms with Gasteiger partial charge >= 0.3 is 5.97 Å². The summed E-state index contributed by atoms with van der Waals surface area (Å²) in [5.41, 5.74) is 6.65. The van der Waals surface area contributed by atoms with Crippen molar-refractivity contribution in [3.8, 4) is 16.2 Å². The minimum atomic E-state index is -0.469. The van der Waals surface area contributed by atoms with Gasteiger partial charge in [0.15, 0.2) is 0 Å². The largest absolute Gasteiger partial charge is 0.506 e. The van der Waals surface area contributed by atoms with Crippen molar-refractivity contribution < 1.29 is 19.4 Å². The summed E-state index contributed by atoms with van der Waals surface area (Å²) in [6, 6.07) is 14.3. The second-order valence-electron chi connectivity index (χ2n) is 9.32. The van der Waals surface area contributed by atoms with Crippen LogP contribution >= 0.6 is 11.3 Å². The van der Waals surface area contributed by atoms with E-state index in [0.717, 1.165) is 10.4 Å². The molecule has 6 nitrogen and oxygen atoms in total. The fourth-order valence-electron chi connectivity index (χ4n) is 3.41. The Kier molecular flexibility index (Phi) is 7.57. The summed E-state index contributed by atoms with van der Waals surface area (Å²) < 4.78 is 4.67. The van der Waals surface area contributed by atoms with E-state index < -0.39 is 11.9 Å². The van der Waals surface area contributed by atoms with Gasteiger partial charge in [-0.25, -0.2) is 10.2 Å². The summed E-state index contributed by atoms with van der Waals surface area (Å²) in [5.74, 6) is -0.776. The first-order chi connectivity index (χ1) is 16.0. The molecule has 7 heteroatoms. The van der Waals surface area contributed by atoms with Crippen molar-refractivity contribution in [3.05, 3.63) is 76.2 Å². The minimum absolute atomic E-state index is 0.0429. The van der Waals surface area contributed by atoms with Gasteiger partial charge in [0.25, 0.3) is 5.91 Å². The van der Waals surface area contributed by atoms with Gasteiger partial charge in [-0.05, 0) is 46.7 Å². The first-order valence-corrected chi connectivity index (χ1v) is 11.9. The van der Waals surface area contributed by atoms with Gasteiger partial charge in [-0.1, -0.05) is 58.9 Å². The monoisotopic (exact) mass is 478 g/mol. The number of carbonyl (C=O) groups excluding carboxylic acids is 2. The molecular weight excluding hydrogens is 448 g/mol. The molecule has 0 aliphatic carbocycles. The average molecular weight is 479 g/mol. The number of methoxy groups -OCH3 is 1. The molecular formula is C27H30N2O4S. The van der Waals surface area contributed by atoms with E-state index in [9.17, 15) is 14.7 Å². The van der Waals surface area contributed by atoms with Crippen LogP contribution in [0, 0.1) is 5.92 Å². The maximum Gasteiger partial charge on any atom is 0.337 e. The third kappa shape index (κ3) is 5.54. The topological polar surface area (TPSA) is 88.0 Å². The van der Waals surface area contributed by atoms with Crippen LogP contribution in [0.4, 0.5) is 0 Å². The molecule has 1 heterocycles. The van der Waals surface area contributed by atoms with Crippen LogP contribution in [0.5, 0.6) is 5.75 Å². The number of hydrogen-bond acceptors (Lipinski definition) is 6. The molecule has 0 unspecified atom stereocenters. The molecule has 0 bridgehead atoms. The molecule has 3 aromatic rings. The Hall–Kier alpha value is -3.45. The molecule has 178 valence electrons. The van der Waals surface area contributed by atoms with Crippen LogP contribution in [0.15, 0.2) is 59.0 Å². The second kappa shape index (κ2) is 10.2. The number of nitrogens with zero attached hydrogens (tertiary/aromatic N) is 1. The van der Waals surface area contributed by atoms with Crippen molar-refractivity contribution in [2.75, 3.05) is 7.11 Å². The molecule has 0 atom stereocenters. The highest BCUT2D eigenvalue weighted by Crippen LogP contribution is 2.40. The molecule has 0 saturated heterocycles. The highest BCUT2D eigenvalue weighted by molar-refractivity contribution is 7.14. The molecule has 0 aliphatic heterocycles. The zero-order chi connectivity index (χ0) is 25.0. The first kappa shape index (κ1) is 25.2. The molecule has 0 saturated carbocycles. The third-order valence-electron chi connectivity index (χ3n) is 5.45. The van der Waals surface area contributed by atoms with E-state index in [1.807, 2.05) is 31.4 Å². The zero-order valence-corrected chi connectivity index (χ0v) is 21.1. The molecule has 0 radical (unpaired) electrons. The van der Waals surface area contributed by atoms with Crippen LogP contribution in [0.1, 0.15) is 66.5 Å². The summed E-state index contributed by atoms with van der Waals surface area (Å²) in [7, 11) is 1.30. The lowest BCUT2D eigenvalue weighted by Crippen LogP contribution is -2.22. The number of ether oxygens (including phenoxy) is 1. The van der Waals surface area contributed by atoms with Crippen molar-refractivity contribution in [1.82, 2.24) is 5.43 Å². The lowest BCUT2D eigenvalue weighted by molar-refractivity contribution is 0.0600. The van der Waals surface area contributed by atoms with E-state index in [1.165, 1.54) is 48.3 Å². The van der Waals surface area contributed by atoms with Gasteiger partial charge in [0.05, 0.1) is 28.8 Å². The zero-order valence-electron chi connectivity index (χ0n) is 20.3. The van der Waals surface area contributed by atoms with Crippen molar-refractivity contribution in [3.63, 3.8) is 0 Å². The fraction of sp³-hybridized carbons (Fsp3) is 0.296. The maximum atomic E-state index is 12.6. The Morgan fingerprint density at radius 3 is 2.12 bits per heavy atom. The lowest BCUT2D eigenvalue weighted by Gasteiger charge is -2.19. The lowest BCUT2D eigenvalue weighted by atomic mass is 9.86. The minimum Gasteiger partial charge on any atom is -0.506 e. The van der Waals surface area contributed by atoms with E-state index in [2.05, 4.69) is 48.2 Å². The number of hydrogen-bond donors (Lipinski definition) is 2. The number of amides is 1. The summed E-state index contributed by atoms with van der Waals surface area (Å²) in [5, 5.41) is 17.2. The molecule has 0 fully saturated rings. The number of benzene rings is 2. The Morgan fingerprint density at radius 1 is 1.00 bits per heavy atom. The number of aromatic hydroxyl groups is 1. The van der Waals surface area contributed by atoms with E-state index in [4.69, 9.17) is 0 Å². The number of esters is 1. The van der Waals surface area contributed by atoms with E-state index in [-0.39, 0.29) is 17.1 Å². The average Bonchev–Trinajstić information content (AvgIpc) is 3.19. The maximum absolute atomic E-state index is 12.6. The molecule has 0 aliphatic rings. The van der Waals surface area contributed by atoms with Gasteiger partial charge in [0, 0.05) is 10.9 Å². The summed E-state index contributed by atoms with van der Waals surface area (Å²) in [4.78, 5) is 24.9. The standard InChI is InChI=1S/C27H30N2O4S/c1-16(2)22(28-29-25(31)18-7-9-19(10-8-18)26(32)33-6)21-15-34-24(23(21)30)17-11-13-20(14-12-17)27(3,4)5/h7-16,30H,1-6H3,(H,29,31)/b28-22-. The number of rotatable bonds is 6. The van der Waals surface area contributed by atoms with Crippen molar-refractivity contribution >= 4 is 28.9 Å². The molecule has 1 amide bonds. The predicted octanol–water partition coefficient (Wildman–Crippen LogP) is 5.99. The van der Waals surface area contributed by atoms with Gasteiger partial charge in [0.1, 0.15) is 5.75 Å². The van der Waals surface area contributed by atoms with Crippen LogP contribution in [0.3, 0.4) is 0 Å². The molecule has 34 heavy (non-hydrogen) atoms. The van der Waals surface area contributed by atoms with Gasteiger partial charge in [-0.3, -0.25) is 4.79 Å². The van der Waals surface area contributed by atoms with Gasteiger partial charge in [-0.2, -0.15) is 5.10 Å². The normalized spacial score (nSPS) is 12.0. The molecule has 0 spiro atoms. The van der Waals surface area contributed by atoms with Gasteiger partial charge < -0.3 is 9.84 Å².